The third-order valence-corrected chi connectivity index (χ3v) is 4.00. The van der Waals surface area contributed by atoms with Crippen molar-refractivity contribution < 1.29 is 28.5 Å². The second-order valence-corrected chi connectivity index (χ2v) is 5.75. The van der Waals surface area contributed by atoms with Gasteiger partial charge in [-0.15, -0.1) is 0 Å². The van der Waals surface area contributed by atoms with E-state index in [4.69, 9.17) is 23.7 Å². The number of methoxy groups -OCH3 is 3. The summed E-state index contributed by atoms with van der Waals surface area (Å²) in [6.45, 7) is 0.911. The zero-order valence-electron chi connectivity index (χ0n) is 15.5. The number of ether oxygens (including phenoxy) is 5. The van der Waals surface area contributed by atoms with Gasteiger partial charge in [-0.2, -0.15) is 0 Å². The van der Waals surface area contributed by atoms with Gasteiger partial charge in [-0.3, -0.25) is 4.79 Å². The van der Waals surface area contributed by atoms with E-state index in [0.29, 0.717) is 29.5 Å². The molecule has 1 aliphatic heterocycles. The number of hydrogen-bond donors (Lipinski definition) is 2. The van der Waals surface area contributed by atoms with Crippen LogP contribution in [0.2, 0.25) is 0 Å². The lowest BCUT2D eigenvalue weighted by molar-refractivity contribution is -0.115. The largest absolute Gasteiger partial charge is 0.493 e. The standard InChI is InChI=1S/C19H22N2O6/c1-23-16-7-13(8-17(24-2)19(16)25-3)21-18(22)10-20-9-12-4-5-14-15(6-12)27-11-26-14/h4-8,20H,9-11H2,1-3H3,(H,21,22). The molecule has 1 heterocycles. The fraction of sp³-hybridized carbons (Fsp3) is 0.316. The van der Waals surface area contributed by atoms with Crippen molar-refractivity contribution in [2.24, 2.45) is 0 Å². The van der Waals surface area contributed by atoms with Gasteiger partial charge in [0.2, 0.25) is 18.4 Å². The van der Waals surface area contributed by atoms with Crippen molar-refractivity contribution in [2.45, 2.75) is 6.54 Å². The van der Waals surface area contributed by atoms with Gasteiger partial charge in [0.25, 0.3) is 0 Å². The van der Waals surface area contributed by atoms with Crippen molar-refractivity contribution >= 4 is 11.6 Å². The molecule has 0 saturated carbocycles. The third kappa shape index (κ3) is 4.35. The molecule has 2 N–H and O–H groups in total. The fourth-order valence-corrected chi connectivity index (χ4v) is 2.73. The molecular formula is C19H22N2O6. The van der Waals surface area contributed by atoms with Gasteiger partial charge in [0.15, 0.2) is 23.0 Å². The molecular weight excluding hydrogens is 352 g/mol. The highest BCUT2D eigenvalue weighted by atomic mass is 16.7. The average Bonchev–Trinajstić information content (AvgIpc) is 3.15. The Bertz CT molecular complexity index is 799. The highest BCUT2D eigenvalue weighted by Gasteiger charge is 2.15. The minimum atomic E-state index is -0.190. The van der Waals surface area contributed by atoms with Gasteiger partial charge in [0.05, 0.1) is 27.9 Å². The van der Waals surface area contributed by atoms with Crippen LogP contribution in [0.25, 0.3) is 0 Å². The molecule has 0 fully saturated rings. The number of rotatable bonds is 8. The van der Waals surface area contributed by atoms with E-state index < -0.39 is 0 Å². The molecule has 3 rings (SSSR count). The smallest absolute Gasteiger partial charge is 0.238 e. The molecule has 0 saturated heterocycles. The maximum absolute atomic E-state index is 12.2. The van der Waals surface area contributed by atoms with Gasteiger partial charge in [-0.25, -0.2) is 0 Å². The third-order valence-electron chi connectivity index (χ3n) is 4.00. The Morgan fingerprint density at radius 2 is 1.70 bits per heavy atom. The molecule has 0 radical (unpaired) electrons. The number of benzene rings is 2. The van der Waals surface area contributed by atoms with Crippen LogP contribution in [0.5, 0.6) is 28.7 Å². The lowest BCUT2D eigenvalue weighted by Crippen LogP contribution is -2.27. The zero-order chi connectivity index (χ0) is 19.2. The molecule has 0 bridgehead atoms. The van der Waals surface area contributed by atoms with Gasteiger partial charge in [0.1, 0.15) is 0 Å². The summed E-state index contributed by atoms with van der Waals surface area (Å²) in [6.07, 6.45) is 0. The maximum atomic E-state index is 12.2. The van der Waals surface area contributed by atoms with E-state index in [2.05, 4.69) is 10.6 Å². The summed E-state index contributed by atoms with van der Waals surface area (Å²) in [5.41, 5.74) is 1.55. The molecule has 0 atom stereocenters. The molecule has 2 aromatic rings. The van der Waals surface area contributed by atoms with Crippen LogP contribution in [0.15, 0.2) is 30.3 Å². The number of hydrogen-bond acceptors (Lipinski definition) is 7. The lowest BCUT2D eigenvalue weighted by atomic mass is 10.2. The van der Waals surface area contributed by atoms with E-state index in [1.165, 1.54) is 21.3 Å². The van der Waals surface area contributed by atoms with E-state index >= 15 is 0 Å². The highest BCUT2D eigenvalue weighted by molar-refractivity contribution is 5.93. The summed E-state index contributed by atoms with van der Waals surface area (Å²) in [5.74, 6) is 2.68. The SMILES string of the molecule is COc1cc(NC(=O)CNCc2ccc3c(c2)OCO3)cc(OC)c1OC. The summed E-state index contributed by atoms with van der Waals surface area (Å²) in [5, 5.41) is 5.91. The number of amides is 1. The van der Waals surface area contributed by atoms with Crippen LogP contribution in [0.1, 0.15) is 5.56 Å². The summed E-state index contributed by atoms with van der Waals surface area (Å²) in [6, 6.07) is 9.04. The van der Waals surface area contributed by atoms with Crippen molar-refractivity contribution in [3.05, 3.63) is 35.9 Å². The lowest BCUT2D eigenvalue weighted by Gasteiger charge is -2.14. The Balaban J connectivity index is 1.56. The molecule has 0 unspecified atom stereocenters. The van der Waals surface area contributed by atoms with E-state index in [-0.39, 0.29) is 19.2 Å². The van der Waals surface area contributed by atoms with Gasteiger partial charge in [-0.1, -0.05) is 6.07 Å². The van der Waals surface area contributed by atoms with Gasteiger partial charge in [-0.05, 0) is 17.7 Å². The Kier molecular flexibility index (Phi) is 5.87. The summed E-state index contributed by atoms with van der Waals surface area (Å²) >= 11 is 0. The first kappa shape index (κ1) is 18.7. The molecule has 8 nitrogen and oxygen atoms in total. The first-order chi connectivity index (χ1) is 13.1. The molecule has 0 aliphatic carbocycles. The number of anilines is 1. The first-order valence-electron chi connectivity index (χ1n) is 8.33. The van der Waals surface area contributed by atoms with Crippen LogP contribution in [-0.4, -0.2) is 40.6 Å². The Morgan fingerprint density at radius 1 is 1.00 bits per heavy atom. The quantitative estimate of drug-likeness (QED) is 0.732. The second-order valence-electron chi connectivity index (χ2n) is 5.75. The maximum Gasteiger partial charge on any atom is 0.238 e. The van der Waals surface area contributed by atoms with Crippen molar-refractivity contribution in [3.8, 4) is 28.7 Å². The minimum Gasteiger partial charge on any atom is -0.493 e. The zero-order valence-corrected chi connectivity index (χ0v) is 15.5. The van der Waals surface area contributed by atoms with Crippen LogP contribution in [-0.2, 0) is 11.3 Å². The molecule has 8 heteroatoms. The summed E-state index contributed by atoms with van der Waals surface area (Å²) < 4.78 is 26.5. The van der Waals surface area contributed by atoms with Crippen molar-refractivity contribution in [3.63, 3.8) is 0 Å². The monoisotopic (exact) mass is 374 g/mol. The average molecular weight is 374 g/mol. The molecule has 2 aromatic carbocycles. The molecule has 1 aliphatic rings. The van der Waals surface area contributed by atoms with Crippen LogP contribution in [0.3, 0.4) is 0 Å². The molecule has 144 valence electrons. The number of fused-ring (bicyclic) bond motifs is 1. The molecule has 1 amide bonds. The topological polar surface area (TPSA) is 87.3 Å². The number of nitrogens with one attached hydrogen (secondary N) is 2. The Labute approximate surface area is 157 Å². The minimum absolute atomic E-state index is 0.144. The van der Waals surface area contributed by atoms with E-state index in [1.807, 2.05) is 18.2 Å². The second kappa shape index (κ2) is 8.50. The molecule has 0 aromatic heterocycles. The Morgan fingerprint density at radius 3 is 2.37 bits per heavy atom. The molecule has 27 heavy (non-hydrogen) atoms. The van der Waals surface area contributed by atoms with E-state index in [0.717, 1.165) is 17.1 Å². The van der Waals surface area contributed by atoms with Crippen LogP contribution in [0, 0.1) is 0 Å². The van der Waals surface area contributed by atoms with Gasteiger partial charge < -0.3 is 34.3 Å². The van der Waals surface area contributed by atoms with E-state index in [9.17, 15) is 4.79 Å². The highest BCUT2D eigenvalue weighted by Crippen LogP contribution is 2.39. The van der Waals surface area contributed by atoms with Crippen LogP contribution >= 0.6 is 0 Å². The predicted molar refractivity (Wildman–Crippen MR) is 99.0 cm³/mol. The van der Waals surface area contributed by atoms with Crippen LogP contribution < -0.4 is 34.3 Å². The van der Waals surface area contributed by atoms with Gasteiger partial charge in [0, 0.05) is 24.4 Å². The summed E-state index contributed by atoms with van der Waals surface area (Å²) in [4.78, 5) is 12.2. The summed E-state index contributed by atoms with van der Waals surface area (Å²) in [7, 11) is 4.57. The first-order valence-corrected chi connectivity index (χ1v) is 8.33. The predicted octanol–water partition coefficient (Wildman–Crippen LogP) is 2.17. The molecule has 0 spiro atoms. The number of carbonyl (C=O) groups excluding carboxylic acids is 1. The van der Waals surface area contributed by atoms with Crippen molar-refractivity contribution in [1.82, 2.24) is 5.32 Å². The normalized spacial score (nSPS) is 11.8. The van der Waals surface area contributed by atoms with Crippen molar-refractivity contribution in [2.75, 3.05) is 40.0 Å². The fourth-order valence-electron chi connectivity index (χ4n) is 2.73. The van der Waals surface area contributed by atoms with Crippen molar-refractivity contribution in [1.29, 1.82) is 0 Å². The number of carbonyl (C=O) groups is 1. The van der Waals surface area contributed by atoms with Gasteiger partial charge >= 0.3 is 0 Å². The van der Waals surface area contributed by atoms with E-state index in [1.54, 1.807) is 12.1 Å². The Hall–Kier alpha value is -3.13. The van der Waals surface area contributed by atoms with Crippen LogP contribution in [0.4, 0.5) is 5.69 Å².